The van der Waals surface area contributed by atoms with E-state index in [1.165, 1.54) is 0 Å². The molecule has 3 atom stereocenters. The first-order valence-corrected chi connectivity index (χ1v) is 11.2. The Labute approximate surface area is 193 Å². The molecule has 0 unspecified atom stereocenters. The highest BCUT2D eigenvalue weighted by molar-refractivity contribution is 6.30. The van der Waals surface area contributed by atoms with Crippen LogP contribution in [0.2, 0.25) is 5.02 Å². The first kappa shape index (κ1) is 22.4. The average Bonchev–Trinajstić information content (AvgIpc) is 3.27. The Hall–Kier alpha value is -2.80. The van der Waals surface area contributed by atoms with E-state index in [4.69, 9.17) is 11.6 Å². The van der Waals surface area contributed by atoms with E-state index in [0.717, 1.165) is 36.1 Å². The van der Waals surface area contributed by atoms with Crippen LogP contribution < -0.4 is 5.32 Å². The van der Waals surface area contributed by atoms with Gasteiger partial charge in [0.1, 0.15) is 0 Å². The molecule has 2 N–H and O–H groups in total. The van der Waals surface area contributed by atoms with Gasteiger partial charge in [-0.3, -0.25) is 14.8 Å². The molecule has 3 aromatic rings. The third kappa shape index (κ3) is 5.51. The zero-order chi connectivity index (χ0) is 22.5. The SMILES string of the molecule is CN(Cc1cnccn1)C(=O)c1ccc(C[C@@H]2CC[C@H]([C@H](O)c3cccc(Cl)c3)N2)cc1. The van der Waals surface area contributed by atoms with Crippen LogP contribution in [0.15, 0.2) is 67.1 Å². The highest BCUT2D eigenvalue weighted by Crippen LogP contribution is 2.28. The number of hydrogen-bond acceptors (Lipinski definition) is 5. The summed E-state index contributed by atoms with van der Waals surface area (Å²) in [6, 6.07) is 15.4. The molecule has 1 aromatic heterocycles. The van der Waals surface area contributed by atoms with Gasteiger partial charge in [-0.15, -0.1) is 0 Å². The third-order valence-electron chi connectivity index (χ3n) is 5.89. The molecule has 0 saturated carbocycles. The summed E-state index contributed by atoms with van der Waals surface area (Å²) < 4.78 is 0. The largest absolute Gasteiger partial charge is 0.387 e. The van der Waals surface area contributed by atoms with Crippen LogP contribution in [0, 0.1) is 0 Å². The number of carbonyl (C=O) groups is 1. The quantitative estimate of drug-likeness (QED) is 0.572. The summed E-state index contributed by atoms with van der Waals surface area (Å²) in [6.45, 7) is 0.413. The summed E-state index contributed by atoms with van der Waals surface area (Å²) in [5, 5.41) is 14.9. The molecule has 1 amide bonds. The Kier molecular flexibility index (Phi) is 7.15. The van der Waals surface area contributed by atoms with Gasteiger partial charge in [-0.05, 0) is 54.7 Å². The zero-order valence-electron chi connectivity index (χ0n) is 18.0. The zero-order valence-corrected chi connectivity index (χ0v) is 18.7. The Bertz CT molecular complexity index is 1050. The number of rotatable bonds is 7. The number of aromatic nitrogens is 2. The molecule has 7 heteroatoms. The second-order valence-electron chi connectivity index (χ2n) is 8.31. The van der Waals surface area contributed by atoms with Crippen LogP contribution in [0.3, 0.4) is 0 Å². The molecule has 0 bridgehead atoms. The van der Waals surface area contributed by atoms with Crippen molar-refractivity contribution >= 4 is 17.5 Å². The number of benzene rings is 2. The molecule has 1 aliphatic heterocycles. The lowest BCUT2D eigenvalue weighted by Gasteiger charge is -2.21. The van der Waals surface area contributed by atoms with Gasteiger partial charge >= 0.3 is 0 Å². The lowest BCUT2D eigenvalue weighted by molar-refractivity contribution is 0.0783. The minimum atomic E-state index is -0.580. The average molecular weight is 451 g/mol. The summed E-state index contributed by atoms with van der Waals surface area (Å²) in [5.41, 5.74) is 3.40. The normalized spacial score (nSPS) is 19.0. The molecule has 1 aliphatic rings. The van der Waals surface area contributed by atoms with Crippen LogP contribution in [-0.2, 0) is 13.0 Å². The molecule has 4 rings (SSSR count). The number of aliphatic hydroxyl groups excluding tert-OH is 1. The first-order chi connectivity index (χ1) is 15.5. The monoisotopic (exact) mass is 450 g/mol. The summed E-state index contributed by atoms with van der Waals surface area (Å²) in [6.07, 6.45) is 7.07. The number of hydrogen-bond donors (Lipinski definition) is 2. The number of amides is 1. The van der Waals surface area contributed by atoms with Crippen molar-refractivity contribution in [1.82, 2.24) is 20.2 Å². The van der Waals surface area contributed by atoms with Gasteiger partial charge < -0.3 is 15.3 Å². The van der Waals surface area contributed by atoms with Crippen molar-refractivity contribution in [2.75, 3.05) is 7.05 Å². The molecule has 2 heterocycles. The van der Waals surface area contributed by atoms with E-state index >= 15 is 0 Å². The Morgan fingerprint density at radius 3 is 2.75 bits per heavy atom. The third-order valence-corrected chi connectivity index (χ3v) is 6.13. The smallest absolute Gasteiger partial charge is 0.253 e. The number of carbonyl (C=O) groups excluding carboxylic acids is 1. The highest BCUT2D eigenvalue weighted by atomic mass is 35.5. The van der Waals surface area contributed by atoms with Crippen molar-refractivity contribution in [3.8, 4) is 0 Å². The fourth-order valence-electron chi connectivity index (χ4n) is 4.20. The van der Waals surface area contributed by atoms with E-state index in [0.29, 0.717) is 17.1 Å². The first-order valence-electron chi connectivity index (χ1n) is 10.8. The van der Waals surface area contributed by atoms with Crippen LogP contribution >= 0.6 is 11.6 Å². The highest BCUT2D eigenvalue weighted by Gasteiger charge is 2.30. The van der Waals surface area contributed by atoms with E-state index < -0.39 is 6.10 Å². The Balaban J connectivity index is 1.31. The Morgan fingerprint density at radius 2 is 2.03 bits per heavy atom. The Morgan fingerprint density at radius 1 is 1.22 bits per heavy atom. The minimum absolute atomic E-state index is 0.00838. The molecule has 2 aromatic carbocycles. The lowest BCUT2D eigenvalue weighted by atomic mass is 10.0. The summed E-state index contributed by atoms with van der Waals surface area (Å²) in [5.74, 6) is -0.0501. The maximum atomic E-state index is 12.7. The number of nitrogens with zero attached hydrogens (tertiary/aromatic N) is 3. The maximum Gasteiger partial charge on any atom is 0.253 e. The number of aliphatic hydroxyl groups is 1. The minimum Gasteiger partial charge on any atom is -0.387 e. The van der Waals surface area contributed by atoms with Crippen molar-refractivity contribution in [3.63, 3.8) is 0 Å². The predicted molar refractivity (Wildman–Crippen MR) is 124 cm³/mol. The second-order valence-corrected chi connectivity index (χ2v) is 8.74. The van der Waals surface area contributed by atoms with Crippen molar-refractivity contribution in [1.29, 1.82) is 0 Å². The summed E-state index contributed by atoms with van der Waals surface area (Å²) >= 11 is 6.06. The van der Waals surface area contributed by atoms with Gasteiger partial charge in [-0.25, -0.2) is 0 Å². The standard InChI is InChI=1S/C25H27ClN4O2/c1-30(16-22-15-27-11-12-28-22)25(32)18-7-5-17(6-8-18)13-21-9-10-23(29-21)24(31)19-3-2-4-20(26)14-19/h2-8,11-12,14-15,21,23-24,29,31H,9-10,13,16H2,1H3/t21-,23+,24+/m0/s1. The van der Waals surface area contributed by atoms with Gasteiger partial charge in [-0.2, -0.15) is 0 Å². The molecule has 0 aliphatic carbocycles. The molecule has 0 spiro atoms. The second kappa shape index (κ2) is 10.2. The van der Waals surface area contributed by atoms with Crippen LogP contribution in [0.1, 0.15) is 46.1 Å². The van der Waals surface area contributed by atoms with Crippen LogP contribution in [0.25, 0.3) is 0 Å². The maximum absolute atomic E-state index is 12.7. The lowest BCUT2D eigenvalue weighted by Crippen LogP contribution is -2.35. The van der Waals surface area contributed by atoms with Gasteiger partial charge in [0.2, 0.25) is 0 Å². The van der Waals surface area contributed by atoms with Gasteiger partial charge in [-0.1, -0.05) is 35.9 Å². The van der Waals surface area contributed by atoms with Crippen molar-refractivity contribution in [2.45, 2.75) is 44.0 Å². The van der Waals surface area contributed by atoms with Gasteiger partial charge in [0, 0.05) is 42.1 Å². The van der Waals surface area contributed by atoms with E-state index in [1.54, 1.807) is 30.5 Å². The molecule has 32 heavy (non-hydrogen) atoms. The van der Waals surface area contributed by atoms with Gasteiger partial charge in [0.05, 0.1) is 24.5 Å². The summed E-state index contributed by atoms with van der Waals surface area (Å²) in [4.78, 5) is 22.6. The van der Waals surface area contributed by atoms with Crippen LogP contribution in [0.5, 0.6) is 0 Å². The van der Waals surface area contributed by atoms with E-state index in [2.05, 4.69) is 15.3 Å². The summed E-state index contributed by atoms with van der Waals surface area (Å²) in [7, 11) is 1.76. The van der Waals surface area contributed by atoms with Crippen molar-refractivity contribution in [3.05, 3.63) is 94.5 Å². The predicted octanol–water partition coefficient (Wildman–Crippen LogP) is 3.80. The molecule has 1 fully saturated rings. The molecule has 1 saturated heterocycles. The fourth-order valence-corrected chi connectivity index (χ4v) is 4.40. The van der Waals surface area contributed by atoms with Crippen LogP contribution in [0.4, 0.5) is 0 Å². The van der Waals surface area contributed by atoms with Gasteiger partial charge in [0.25, 0.3) is 5.91 Å². The van der Waals surface area contributed by atoms with Gasteiger partial charge in [0.15, 0.2) is 0 Å². The molecule has 6 nitrogen and oxygen atoms in total. The van der Waals surface area contributed by atoms with Crippen molar-refractivity contribution < 1.29 is 9.90 Å². The topological polar surface area (TPSA) is 78.4 Å². The molecule has 0 radical (unpaired) electrons. The molecular formula is C25H27ClN4O2. The fraction of sp³-hybridized carbons (Fsp3) is 0.320. The number of halogens is 1. The van der Waals surface area contributed by atoms with Crippen LogP contribution in [-0.4, -0.2) is 45.0 Å². The van der Waals surface area contributed by atoms with E-state index in [9.17, 15) is 9.90 Å². The van der Waals surface area contributed by atoms with Crippen molar-refractivity contribution in [2.24, 2.45) is 0 Å². The molecular weight excluding hydrogens is 424 g/mol. The molecule has 166 valence electrons. The van der Waals surface area contributed by atoms with E-state index in [-0.39, 0.29) is 18.0 Å². The number of nitrogens with one attached hydrogen (secondary N) is 1. The van der Waals surface area contributed by atoms with E-state index in [1.807, 2.05) is 48.5 Å².